The lowest BCUT2D eigenvalue weighted by molar-refractivity contribution is -0.144. The van der Waals surface area contributed by atoms with E-state index in [1.165, 1.54) is 0 Å². The Bertz CT molecular complexity index is 531. The molecular formula is C19H27NO4. The minimum atomic E-state index is -0.819. The summed E-state index contributed by atoms with van der Waals surface area (Å²) in [6.45, 7) is 2.07. The van der Waals surface area contributed by atoms with E-state index in [0.717, 1.165) is 31.2 Å². The van der Waals surface area contributed by atoms with Gasteiger partial charge in [0.1, 0.15) is 6.10 Å². The average Bonchev–Trinajstić information content (AvgIpc) is 2.55. The monoisotopic (exact) mass is 333 g/mol. The highest BCUT2D eigenvalue weighted by molar-refractivity contribution is 5.81. The molecule has 1 aromatic carbocycles. The summed E-state index contributed by atoms with van der Waals surface area (Å²) in [5, 5.41) is 12.4. The summed E-state index contributed by atoms with van der Waals surface area (Å²) in [6, 6.07) is 9.36. The average molecular weight is 333 g/mol. The number of carbonyl (C=O) groups excluding carboxylic acids is 1. The van der Waals surface area contributed by atoms with Gasteiger partial charge in [-0.25, -0.2) is 0 Å². The molecule has 3 unspecified atom stereocenters. The van der Waals surface area contributed by atoms with Gasteiger partial charge in [0.2, 0.25) is 5.91 Å². The lowest BCUT2D eigenvalue weighted by Gasteiger charge is -2.28. The SMILES string of the molecule is CC(OCc1ccccc1)C(=O)NC1CCCCCCC1C(=O)O. The highest BCUT2D eigenvalue weighted by Crippen LogP contribution is 2.23. The molecule has 2 N–H and O–H groups in total. The molecule has 0 heterocycles. The number of benzene rings is 1. The van der Waals surface area contributed by atoms with Crippen molar-refractivity contribution in [2.75, 3.05) is 0 Å². The highest BCUT2D eigenvalue weighted by Gasteiger charge is 2.31. The third kappa shape index (κ3) is 5.64. The van der Waals surface area contributed by atoms with Gasteiger partial charge in [-0.05, 0) is 25.3 Å². The van der Waals surface area contributed by atoms with Gasteiger partial charge in [-0.2, -0.15) is 0 Å². The summed E-state index contributed by atoms with van der Waals surface area (Å²) < 4.78 is 5.62. The molecule has 0 saturated heterocycles. The molecule has 3 atom stereocenters. The van der Waals surface area contributed by atoms with Crippen LogP contribution in [0.25, 0.3) is 0 Å². The normalized spacial score (nSPS) is 22.9. The Kier molecular flexibility index (Phi) is 7.25. The van der Waals surface area contributed by atoms with Gasteiger partial charge in [-0.1, -0.05) is 56.0 Å². The lowest BCUT2D eigenvalue weighted by atomic mass is 9.86. The second-order valence-corrected chi connectivity index (χ2v) is 6.49. The van der Waals surface area contributed by atoms with E-state index in [9.17, 15) is 14.7 Å². The summed E-state index contributed by atoms with van der Waals surface area (Å²) in [7, 11) is 0. The van der Waals surface area contributed by atoms with Crippen molar-refractivity contribution < 1.29 is 19.4 Å². The zero-order chi connectivity index (χ0) is 17.4. The number of ether oxygens (including phenoxy) is 1. The molecule has 1 amide bonds. The summed E-state index contributed by atoms with van der Waals surface area (Å²) in [5.41, 5.74) is 1.01. The third-order valence-electron chi connectivity index (χ3n) is 4.62. The van der Waals surface area contributed by atoms with Crippen molar-refractivity contribution in [3.05, 3.63) is 35.9 Å². The van der Waals surface area contributed by atoms with E-state index < -0.39 is 18.0 Å². The second kappa shape index (κ2) is 9.42. The minimum absolute atomic E-state index is 0.234. The first-order valence-electron chi connectivity index (χ1n) is 8.76. The van der Waals surface area contributed by atoms with E-state index in [1.807, 2.05) is 30.3 Å². The van der Waals surface area contributed by atoms with Crippen LogP contribution in [0.15, 0.2) is 30.3 Å². The highest BCUT2D eigenvalue weighted by atomic mass is 16.5. The van der Waals surface area contributed by atoms with Crippen LogP contribution in [-0.2, 0) is 20.9 Å². The van der Waals surface area contributed by atoms with Crippen LogP contribution in [0.3, 0.4) is 0 Å². The van der Waals surface area contributed by atoms with Gasteiger partial charge in [0.05, 0.1) is 12.5 Å². The first-order chi connectivity index (χ1) is 11.6. The molecule has 5 heteroatoms. The van der Waals surface area contributed by atoms with Crippen LogP contribution >= 0.6 is 0 Å². The van der Waals surface area contributed by atoms with Gasteiger partial charge in [0.15, 0.2) is 0 Å². The Balaban J connectivity index is 1.88. The van der Waals surface area contributed by atoms with Crippen LogP contribution in [0.4, 0.5) is 0 Å². The number of hydrogen-bond donors (Lipinski definition) is 2. The van der Waals surface area contributed by atoms with Gasteiger partial charge in [0, 0.05) is 6.04 Å². The van der Waals surface area contributed by atoms with Crippen LogP contribution in [-0.4, -0.2) is 29.1 Å². The largest absolute Gasteiger partial charge is 0.481 e. The number of aliphatic carboxylic acids is 1. The van der Waals surface area contributed by atoms with E-state index in [2.05, 4.69) is 5.32 Å². The van der Waals surface area contributed by atoms with Crippen molar-refractivity contribution in [2.24, 2.45) is 5.92 Å². The fourth-order valence-corrected chi connectivity index (χ4v) is 3.12. The maximum atomic E-state index is 12.4. The topological polar surface area (TPSA) is 75.6 Å². The molecule has 0 aromatic heterocycles. The molecule has 0 bridgehead atoms. The smallest absolute Gasteiger partial charge is 0.308 e. The summed E-state index contributed by atoms with van der Waals surface area (Å²) in [6.07, 6.45) is 4.76. The van der Waals surface area contributed by atoms with Crippen molar-refractivity contribution in [1.82, 2.24) is 5.32 Å². The van der Waals surface area contributed by atoms with E-state index in [0.29, 0.717) is 19.4 Å². The van der Waals surface area contributed by atoms with Gasteiger partial charge >= 0.3 is 5.97 Å². The third-order valence-corrected chi connectivity index (χ3v) is 4.62. The van der Waals surface area contributed by atoms with Crippen LogP contribution in [0.1, 0.15) is 51.0 Å². The molecule has 24 heavy (non-hydrogen) atoms. The maximum absolute atomic E-state index is 12.4. The quantitative estimate of drug-likeness (QED) is 0.838. The predicted octanol–water partition coefficient (Wildman–Crippen LogP) is 3.13. The fraction of sp³-hybridized carbons (Fsp3) is 0.579. The van der Waals surface area contributed by atoms with E-state index in [1.54, 1.807) is 6.92 Å². The number of carbonyl (C=O) groups is 2. The van der Waals surface area contributed by atoms with Gasteiger partial charge < -0.3 is 15.2 Å². The summed E-state index contributed by atoms with van der Waals surface area (Å²) in [4.78, 5) is 23.9. The van der Waals surface area contributed by atoms with E-state index >= 15 is 0 Å². The molecule has 1 fully saturated rings. The van der Waals surface area contributed by atoms with E-state index in [4.69, 9.17) is 4.74 Å². The van der Waals surface area contributed by atoms with Crippen LogP contribution in [0.5, 0.6) is 0 Å². The molecule has 0 radical (unpaired) electrons. The maximum Gasteiger partial charge on any atom is 0.308 e. The number of rotatable bonds is 6. The van der Waals surface area contributed by atoms with Crippen LogP contribution < -0.4 is 5.32 Å². The number of hydrogen-bond acceptors (Lipinski definition) is 3. The van der Waals surface area contributed by atoms with Crippen molar-refractivity contribution in [3.8, 4) is 0 Å². The molecule has 1 aliphatic rings. The molecule has 1 aliphatic carbocycles. The van der Waals surface area contributed by atoms with Crippen molar-refractivity contribution in [3.63, 3.8) is 0 Å². The van der Waals surface area contributed by atoms with Crippen LogP contribution in [0, 0.1) is 5.92 Å². The molecule has 1 aromatic rings. The number of nitrogens with one attached hydrogen (secondary N) is 1. The van der Waals surface area contributed by atoms with Crippen molar-refractivity contribution in [1.29, 1.82) is 0 Å². The first-order valence-corrected chi connectivity index (χ1v) is 8.76. The fourth-order valence-electron chi connectivity index (χ4n) is 3.12. The van der Waals surface area contributed by atoms with Gasteiger partial charge in [-0.3, -0.25) is 9.59 Å². The molecule has 5 nitrogen and oxygen atoms in total. The number of amides is 1. The Labute approximate surface area is 143 Å². The first kappa shape index (κ1) is 18.5. The number of carboxylic acid groups (broad SMARTS) is 1. The minimum Gasteiger partial charge on any atom is -0.481 e. The van der Waals surface area contributed by atoms with Gasteiger partial charge in [-0.15, -0.1) is 0 Å². The van der Waals surface area contributed by atoms with Crippen molar-refractivity contribution >= 4 is 11.9 Å². The zero-order valence-electron chi connectivity index (χ0n) is 14.2. The molecule has 1 saturated carbocycles. The Hall–Kier alpha value is -1.88. The molecule has 2 rings (SSSR count). The number of carboxylic acids is 1. The second-order valence-electron chi connectivity index (χ2n) is 6.49. The molecule has 0 aliphatic heterocycles. The van der Waals surface area contributed by atoms with Crippen LogP contribution in [0.2, 0.25) is 0 Å². The Morgan fingerprint density at radius 3 is 2.50 bits per heavy atom. The molecule has 132 valence electrons. The Morgan fingerprint density at radius 2 is 1.83 bits per heavy atom. The standard InChI is InChI=1S/C19H27NO4/c1-14(24-13-15-9-5-4-6-10-15)18(21)20-17-12-8-3-2-7-11-16(17)19(22)23/h4-6,9-10,14,16-17H,2-3,7-8,11-13H2,1H3,(H,20,21)(H,22,23). The molecule has 0 spiro atoms. The van der Waals surface area contributed by atoms with Crippen molar-refractivity contribution in [2.45, 2.75) is 64.2 Å². The molecular weight excluding hydrogens is 306 g/mol. The summed E-state index contributed by atoms with van der Waals surface area (Å²) >= 11 is 0. The van der Waals surface area contributed by atoms with Gasteiger partial charge in [0.25, 0.3) is 0 Å². The zero-order valence-corrected chi connectivity index (χ0v) is 14.2. The van der Waals surface area contributed by atoms with E-state index in [-0.39, 0.29) is 11.9 Å². The lowest BCUT2D eigenvalue weighted by Crippen LogP contribution is -2.47. The Morgan fingerprint density at radius 1 is 1.17 bits per heavy atom. The summed E-state index contributed by atoms with van der Waals surface area (Å²) in [5.74, 6) is -1.56. The predicted molar refractivity (Wildman–Crippen MR) is 91.5 cm³/mol.